The summed E-state index contributed by atoms with van der Waals surface area (Å²) in [5.74, 6) is -1.36. The zero-order chi connectivity index (χ0) is 17.4. The SMILES string of the molecule is Cc1cccc(CCNC(=O)C(=O)Nc2ccc(CC#N)cc2)c1. The van der Waals surface area contributed by atoms with E-state index in [1.807, 2.05) is 25.1 Å². The lowest BCUT2D eigenvalue weighted by Crippen LogP contribution is -2.36. The van der Waals surface area contributed by atoms with Gasteiger partial charge in [0.2, 0.25) is 0 Å². The molecule has 5 heteroatoms. The maximum atomic E-state index is 11.8. The lowest BCUT2D eigenvalue weighted by Gasteiger charge is -2.07. The molecular formula is C19H19N3O2. The Morgan fingerprint density at radius 3 is 2.46 bits per heavy atom. The number of anilines is 1. The van der Waals surface area contributed by atoms with Crippen LogP contribution in [-0.2, 0) is 22.4 Å². The van der Waals surface area contributed by atoms with Crippen LogP contribution in [0.4, 0.5) is 5.69 Å². The molecule has 0 radical (unpaired) electrons. The first-order valence-corrected chi connectivity index (χ1v) is 7.69. The molecule has 24 heavy (non-hydrogen) atoms. The highest BCUT2D eigenvalue weighted by Gasteiger charge is 2.13. The first kappa shape index (κ1) is 17.2. The van der Waals surface area contributed by atoms with Crippen LogP contribution >= 0.6 is 0 Å². The highest BCUT2D eigenvalue weighted by molar-refractivity contribution is 6.39. The van der Waals surface area contributed by atoms with Crippen LogP contribution in [0.2, 0.25) is 0 Å². The molecule has 2 N–H and O–H groups in total. The minimum absolute atomic E-state index is 0.313. The Morgan fingerprint density at radius 1 is 1.04 bits per heavy atom. The van der Waals surface area contributed by atoms with Crippen LogP contribution in [0.25, 0.3) is 0 Å². The van der Waals surface area contributed by atoms with E-state index in [0.717, 1.165) is 16.7 Å². The molecule has 0 saturated carbocycles. The lowest BCUT2D eigenvalue weighted by molar-refractivity contribution is -0.136. The summed E-state index contributed by atoms with van der Waals surface area (Å²) in [6, 6.07) is 16.9. The van der Waals surface area contributed by atoms with Crippen molar-refractivity contribution in [2.24, 2.45) is 0 Å². The summed E-state index contributed by atoms with van der Waals surface area (Å²) in [4.78, 5) is 23.7. The first-order valence-electron chi connectivity index (χ1n) is 7.69. The topological polar surface area (TPSA) is 82.0 Å². The van der Waals surface area contributed by atoms with E-state index < -0.39 is 11.8 Å². The van der Waals surface area contributed by atoms with E-state index in [1.165, 1.54) is 0 Å². The van der Waals surface area contributed by atoms with Crippen LogP contribution in [0.5, 0.6) is 0 Å². The van der Waals surface area contributed by atoms with E-state index in [-0.39, 0.29) is 0 Å². The normalized spacial score (nSPS) is 9.83. The molecule has 0 bridgehead atoms. The molecule has 0 aromatic heterocycles. The van der Waals surface area contributed by atoms with Crippen molar-refractivity contribution in [3.63, 3.8) is 0 Å². The largest absolute Gasteiger partial charge is 0.347 e. The van der Waals surface area contributed by atoms with Crippen molar-refractivity contribution in [2.45, 2.75) is 19.8 Å². The Bertz CT molecular complexity index is 761. The van der Waals surface area contributed by atoms with Gasteiger partial charge in [0.25, 0.3) is 0 Å². The Hall–Kier alpha value is -3.13. The minimum atomic E-state index is -0.702. The predicted octanol–water partition coefficient (Wildman–Crippen LogP) is 2.36. The first-order chi connectivity index (χ1) is 11.6. The van der Waals surface area contributed by atoms with Crippen molar-refractivity contribution in [3.05, 3.63) is 65.2 Å². The highest BCUT2D eigenvalue weighted by atomic mass is 16.2. The van der Waals surface area contributed by atoms with Crippen LogP contribution in [0, 0.1) is 18.3 Å². The molecule has 0 aliphatic rings. The maximum Gasteiger partial charge on any atom is 0.313 e. The van der Waals surface area contributed by atoms with Gasteiger partial charge in [-0.05, 0) is 36.6 Å². The molecule has 2 aromatic rings. The van der Waals surface area contributed by atoms with Gasteiger partial charge in [0.05, 0.1) is 12.5 Å². The number of hydrogen-bond donors (Lipinski definition) is 2. The van der Waals surface area contributed by atoms with Crippen molar-refractivity contribution < 1.29 is 9.59 Å². The fraction of sp³-hybridized carbons (Fsp3) is 0.211. The average molecular weight is 321 g/mol. The van der Waals surface area contributed by atoms with Crippen LogP contribution in [0.3, 0.4) is 0 Å². The summed E-state index contributed by atoms with van der Waals surface area (Å²) in [6.07, 6.45) is 0.983. The van der Waals surface area contributed by atoms with Gasteiger partial charge >= 0.3 is 11.8 Å². The molecule has 2 aromatic carbocycles. The molecule has 5 nitrogen and oxygen atoms in total. The number of amides is 2. The van der Waals surface area contributed by atoms with Gasteiger partial charge in [-0.1, -0.05) is 42.0 Å². The van der Waals surface area contributed by atoms with Crippen molar-refractivity contribution in [2.75, 3.05) is 11.9 Å². The summed E-state index contributed by atoms with van der Waals surface area (Å²) in [5, 5.41) is 13.8. The fourth-order valence-electron chi connectivity index (χ4n) is 2.25. The van der Waals surface area contributed by atoms with Crippen LogP contribution in [0.15, 0.2) is 48.5 Å². The number of rotatable bonds is 5. The molecule has 122 valence electrons. The molecule has 0 fully saturated rings. The van der Waals surface area contributed by atoms with Crippen molar-refractivity contribution in [3.8, 4) is 6.07 Å². The molecule has 0 saturated heterocycles. The maximum absolute atomic E-state index is 11.8. The number of benzene rings is 2. The molecule has 0 spiro atoms. The van der Waals surface area contributed by atoms with E-state index in [1.54, 1.807) is 24.3 Å². The molecule has 0 aliphatic heterocycles. The number of nitrogens with one attached hydrogen (secondary N) is 2. The quantitative estimate of drug-likeness (QED) is 0.829. The number of aryl methyl sites for hydroxylation is 1. The van der Waals surface area contributed by atoms with Gasteiger partial charge in [-0.2, -0.15) is 5.26 Å². The third kappa shape index (κ3) is 5.25. The zero-order valence-corrected chi connectivity index (χ0v) is 13.5. The predicted molar refractivity (Wildman–Crippen MR) is 92.3 cm³/mol. The van der Waals surface area contributed by atoms with E-state index in [2.05, 4.69) is 22.8 Å². The fourth-order valence-corrected chi connectivity index (χ4v) is 2.25. The van der Waals surface area contributed by atoms with Gasteiger partial charge < -0.3 is 10.6 Å². The Kier molecular flexibility index (Phi) is 6.09. The second-order valence-electron chi connectivity index (χ2n) is 5.48. The second-order valence-corrected chi connectivity index (χ2v) is 5.48. The summed E-state index contributed by atoms with van der Waals surface area (Å²) < 4.78 is 0. The number of hydrogen-bond acceptors (Lipinski definition) is 3. The minimum Gasteiger partial charge on any atom is -0.347 e. The van der Waals surface area contributed by atoms with Gasteiger partial charge in [0.1, 0.15) is 0 Å². The van der Waals surface area contributed by atoms with Crippen molar-refractivity contribution in [1.82, 2.24) is 5.32 Å². The zero-order valence-electron chi connectivity index (χ0n) is 13.5. The number of carbonyl (C=O) groups is 2. The molecule has 0 atom stereocenters. The Balaban J connectivity index is 1.79. The van der Waals surface area contributed by atoms with Crippen LogP contribution in [0.1, 0.15) is 16.7 Å². The Labute approximate surface area is 141 Å². The van der Waals surface area contributed by atoms with Gasteiger partial charge in [-0.3, -0.25) is 9.59 Å². The average Bonchev–Trinajstić information content (AvgIpc) is 2.57. The van der Waals surface area contributed by atoms with Crippen LogP contribution in [-0.4, -0.2) is 18.4 Å². The lowest BCUT2D eigenvalue weighted by atomic mass is 10.1. The number of carbonyl (C=O) groups excluding carboxylic acids is 2. The standard InChI is InChI=1S/C19H19N3O2/c1-14-3-2-4-16(13-14)10-12-21-18(23)19(24)22-17-7-5-15(6-8-17)9-11-20/h2-8,13H,9-10,12H2,1H3,(H,21,23)(H,22,24). The Morgan fingerprint density at radius 2 is 1.79 bits per heavy atom. The third-order valence-electron chi connectivity index (χ3n) is 3.48. The number of nitrogens with zero attached hydrogens (tertiary/aromatic N) is 1. The van der Waals surface area contributed by atoms with E-state index in [9.17, 15) is 9.59 Å². The summed E-state index contributed by atoms with van der Waals surface area (Å²) in [5.41, 5.74) is 3.66. The number of nitriles is 1. The highest BCUT2D eigenvalue weighted by Crippen LogP contribution is 2.09. The summed E-state index contributed by atoms with van der Waals surface area (Å²) >= 11 is 0. The monoisotopic (exact) mass is 321 g/mol. The van der Waals surface area contributed by atoms with E-state index in [4.69, 9.17) is 5.26 Å². The third-order valence-corrected chi connectivity index (χ3v) is 3.48. The summed E-state index contributed by atoms with van der Waals surface area (Å²) in [7, 11) is 0. The smallest absolute Gasteiger partial charge is 0.313 e. The molecular weight excluding hydrogens is 302 g/mol. The van der Waals surface area contributed by atoms with Gasteiger partial charge in [0, 0.05) is 12.2 Å². The van der Waals surface area contributed by atoms with Crippen molar-refractivity contribution >= 4 is 17.5 Å². The molecule has 0 heterocycles. The van der Waals surface area contributed by atoms with Crippen molar-refractivity contribution in [1.29, 1.82) is 5.26 Å². The van der Waals surface area contributed by atoms with Gasteiger partial charge in [0.15, 0.2) is 0 Å². The second kappa shape index (κ2) is 8.49. The van der Waals surface area contributed by atoms with E-state index >= 15 is 0 Å². The molecule has 0 unspecified atom stereocenters. The molecule has 2 rings (SSSR count). The molecule has 0 aliphatic carbocycles. The van der Waals surface area contributed by atoms with Crippen LogP contribution < -0.4 is 10.6 Å². The van der Waals surface area contributed by atoms with E-state index in [0.29, 0.717) is 25.1 Å². The van der Waals surface area contributed by atoms with Gasteiger partial charge in [-0.25, -0.2) is 0 Å². The summed E-state index contributed by atoms with van der Waals surface area (Å²) in [6.45, 7) is 2.41. The van der Waals surface area contributed by atoms with Gasteiger partial charge in [-0.15, -0.1) is 0 Å². The molecule has 2 amide bonds.